The Morgan fingerprint density at radius 1 is 1.36 bits per heavy atom. The number of rotatable bonds is 1. The van der Waals surface area contributed by atoms with Crippen LogP contribution in [0.15, 0.2) is 28.7 Å². The second kappa shape index (κ2) is 5.94. The van der Waals surface area contributed by atoms with E-state index in [4.69, 9.17) is 23.4 Å². The van der Waals surface area contributed by atoms with Gasteiger partial charge in [-0.15, -0.1) is 0 Å². The SMILES string of the molecule is NNc1cccc(Br)c1.O=S(=O)(O)O. The van der Waals surface area contributed by atoms with Crippen LogP contribution in [0.5, 0.6) is 0 Å². The van der Waals surface area contributed by atoms with Crippen LogP contribution in [-0.4, -0.2) is 17.5 Å². The van der Waals surface area contributed by atoms with Crippen LogP contribution < -0.4 is 11.3 Å². The first-order valence-corrected chi connectivity index (χ1v) is 5.44. The van der Waals surface area contributed by atoms with Gasteiger partial charge in [-0.25, -0.2) is 0 Å². The summed E-state index contributed by atoms with van der Waals surface area (Å²) in [5, 5.41) is 0. The number of nitrogens with two attached hydrogens (primary N) is 1. The van der Waals surface area contributed by atoms with Crippen molar-refractivity contribution in [2.24, 2.45) is 5.84 Å². The zero-order valence-corrected chi connectivity index (χ0v) is 9.29. The lowest BCUT2D eigenvalue weighted by atomic mass is 10.3. The Morgan fingerprint density at radius 3 is 2.14 bits per heavy atom. The number of halogens is 1. The first-order valence-electron chi connectivity index (χ1n) is 3.25. The summed E-state index contributed by atoms with van der Waals surface area (Å²) in [7, 11) is -4.67. The third kappa shape index (κ3) is 9.42. The van der Waals surface area contributed by atoms with Crippen molar-refractivity contribution in [2.75, 3.05) is 5.43 Å². The molecule has 6 nitrogen and oxygen atoms in total. The number of hydrogen-bond acceptors (Lipinski definition) is 4. The highest BCUT2D eigenvalue weighted by atomic mass is 79.9. The Labute approximate surface area is 89.8 Å². The molecule has 0 heterocycles. The molecule has 0 aromatic heterocycles. The molecule has 80 valence electrons. The molecule has 0 unspecified atom stereocenters. The van der Waals surface area contributed by atoms with Crippen molar-refractivity contribution in [1.29, 1.82) is 0 Å². The average molecular weight is 285 g/mol. The molecule has 1 rings (SSSR count). The summed E-state index contributed by atoms with van der Waals surface area (Å²) in [6.45, 7) is 0. The Kier molecular flexibility index (Phi) is 5.65. The molecule has 0 bridgehead atoms. The highest BCUT2D eigenvalue weighted by Gasteiger charge is 1.86. The fourth-order valence-electron chi connectivity index (χ4n) is 0.578. The summed E-state index contributed by atoms with van der Waals surface area (Å²) in [5.41, 5.74) is 3.44. The van der Waals surface area contributed by atoms with E-state index in [9.17, 15) is 0 Å². The van der Waals surface area contributed by atoms with Gasteiger partial charge in [-0.2, -0.15) is 8.42 Å². The molecule has 8 heteroatoms. The highest BCUT2D eigenvalue weighted by Crippen LogP contribution is 2.13. The normalized spacial score (nSPS) is 10.0. The number of nitrogens with one attached hydrogen (secondary N) is 1. The summed E-state index contributed by atoms with van der Waals surface area (Å²) in [6, 6.07) is 7.66. The predicted molar refractivity (Wildman–Crippen MR) is 56.1 cm³/mol. The van der Waals surface area contributed by atoms with Gasteiger partial charge in [0.15, 0.2) is 0 Å². The third-order valence-electron chi connectivity index (χ3n) is 0.991. The molecule has 0 aliphatic heterocycles. The number of benzene rings is 1. The van der Waals surface area contributed by atoms with Gasteiger partial charge in [0.25, 0.3) is 0 Å². The van der Waals surface area contributed by atoms with Gasteiger partial charge in [0.2, 0.25) is 0 Å². The summed E-state index contributed by atoms with van der Waals surface area (Å²) >= 11 is 3.31. The van der Waals surface area contributed by atoms with Crippen molar-refractivity contribution >= 4 is 32.0 Å². The van der Waals surface area contributed by atoms with Gasteiger partial charge in [-0.3, -0.25) is 14.9 Å². The van der Waals surface area contributed by atoms with Crippen LogP contribution in [0.4, 0.5) is 5.69 Å². The average Bonchev–Trinajstić information content (AvgIpc) is 2.01. The lowest BCUT2D eigenvalue weighted by molar-refractivity contribution is 0.381. The standard InChI is InChI=1S/C6H7BrN2.H2O4S/c7-5-2-1-3-6(4-5)9-8;1-5(2,3)4/h1-4,9H,8H2;(H2,1,2,3,4). The molecular formula is C6H9BrN2O4S. The van der Waals surface area contributed by atoms with E-state index >= 15 is 0 Å². The van der Waals surface area contributed by atoms with E-state index in [1.54, 1.807) is 0 Å². The van der Waals surface area contributed by atoms with Crippen molar-refractivity contribution < 1.29 is 17.5 Å². The number of anilines is 1. The first kappa shape index (κ1) is 13.3. The molecule has 14 heavy (non-hydrogen) atoms. The smallest absolute Gasteiger partial charge is 0.324 e. The molecule has 0 aliphatic rings. The molecule has 0 aliphatic carbocycles. The summed E-state index contributed by atoms with van der Waals surface area (Å²) in [5.74, 6) is 5.15. The molecule has 0 spiro atoms. The summed E-state index contributed by atoms with van der Waals surface area (Å²) in [6.07, 6.45) is 0. The van der Waals surface area contributed by atoms with Gasteiger partial charge >= 0.3 is 10.4 Å². The highest BCUT2D eigenvalue weighted by molar-refractivity contribution is 9.10. The second-order valence-corrected chi connectivity index (χ2v) is 3.91. The zero-order valence-electron chi connectivity index (χ0n) is 6.88. The summed E-state index contributed by atoms with van der Waals surface area (Å²) < 4.78 is 32.6. The summed E-state index contributed by atoms with van der Waals surface area (Å²) in [4.78, 5) is 0. The van der Waals surface area contributed by atoms with E-state index in [1.807, 2.05) is 24.3 Å². The second-order valence-electron chi connectivity index (χ2n) is 2.10. The van der Waals surface area contributed by atoms with Gasteiger partial charge < -0.3 is 5.43 Å². The van der Waals surface area contributed by atoms with E-state index in [1.165, 1.54) is 0 Å². The van der Waals surface area contributed by atoms with E-state index in [0.29, 0.717) is 0 Å². The monoisotopic (exact) mass is 284 g/mol. The number of nitrogen functional groups attached to an aromatic ring is 1. The topological polar surface area (TPSA) is 113 Å². The van der Waals surface area contributed by atoms with E-state index in [0.717, 1.165) is 10.2 Å². The third-order valence-corrected chi connectivity index (χ3v) is 1.48. The minimum absolute atomic E-state index is 0.907. The van der Waals surface area contributed by atoms with Crippen molar-refractivity contribution in [3.8, 4) is 0 Å². The zero-order chi connectivity index (χ0) is 11.2. The van der Waals surface area contributed by atoms with E-state index in [2.05, 4.69) is 21.4 Å². The molecule has 0 atom stereocenters. The molecule has 1 aromatic rings. The fourth-order valence-corrected chi connectivity index (χ4v) is 0.978. The molecule has 1 aromatic carbocycles. The maximum Gasteiger partial charge on any atom is 0.394 e. The van der Waals surface area contributed by atoms with Gasteiger partial charge in [-0.1, -0.05) is 22.0 Å². The maximum absolute atomic E-state index is 8.74. The van der Waals surface area contributed by atoms with Crippen LogP contribution in [0.25, 0.3) is 0 Å². The van der Waals surface area contributed by atoms with Crippen molar-refractivity contribution in [1.82, 2.24) is 0 Å². The predicted octanol–water partition coefficient (Wildman–Crippen LogP) is 1.08. The molecule has 0 saturated carbocycles. The molecule has 0 saturated heterocycles. The van der Waals surface area contributed by atoms with Gasteiger partial charge in [0.1, 0.15) is 0 Å². The van der Waals surface area contributed by atoms with Crippen LogP contribution in [0.1, 0.15) is 0 Å². The van der Waals surface area contributed by atoms with Crippen molar-refractivity contribution in [3.05, 3.63) is 28.7 Å². The Morgan fingerprint density at radius 2 is 1.86 bits per heavy atom. The van der Waals surface area contributed by atoms with E-state index < -0.39 is 10.4 Å². The Bertz CT molecular complexity index is 373. The number of hydrazine groups is 1. The van der Waals surface area contributed by atoms with Crippen LogP contribution >= 0.6 is 15.9 Å². The van der Waals surface area contributed by atoms with Crippen LogP contribution in [0, 0.1) is 0 Å². The maximum atomic E-state index is 8.74. The van der Waals surface area contributed by atoms with Gasteiger partial charge in [0, 0.05) is 10.2 Å². The lowest BCUT2D eigenvalue weighted by Gasteiger charge is -1.97. The molecule has 0 fully saturated rings. The van der Waals surface area contributed by atoms with Crippen LogP contribution in [0.3, 0.4) is 0 Å². The quantitative estimate of drug-likeness (QED) is 0.349. The Balaban J connectivity index is 0.000000292. The minimum atomic E-state index is -4.67. The molecular weight excluding hydrogens is 276 g/mol. The molecule has 0 amide bonds. The van der Waals surface area contributed by atoms with Gasteiger partial charge in [0.05, 0.1) is 0 Å². The minimum Gasteiger partial charge on any atom is -0.324 e. The van der Waals surface area contributed by atoms with Crippen LogP contribution in [0.2, 0.25) is 0 Å². The van der Waals surface area contributed by atoms with Crippen LogP contribution in [-0.2, 0) is 10.4 Å². The Hall–Kier alpha value is -0.670. The first-order chi connectivity index (χ1) is 6.33. The lowest BCUT2D eigenvalue weighted by Crippen LogP contribution is -2.05. The van der Waals surface area contributed by atoms with Crippen molar-refractivity contribution in [3.63, 3.8) is 0 Å². The fraction of sp³-hybridized carbons (Fsp3) is 0. The number of hydrogen-bond donors (Lipinski definition) is 4. The molecule has 5 N–H and O–H groups in total. The molecule has 0 radical (unpaired) electrons. The van der Waals surface area contributed by atoms with Crippen molar-refractivity contribution in [2.45, 2.75) is 0 Å². The largest absolute Gasteiger partial charge is 0.394 e. The van der Waals surface area contributed by atoms with E-state index in [-0.39, 0.29) is 0 Å². The van der Waals surface area contributed by atoms with Gasteiger partial charge in [-0.05, 0) is 18.2 Å².